The van der Waals surface area contributed by atoms with Crippen LogP contribution in [0, 0.1) is 6.92 Å². The highest BCUT2D eigenvalue weighted by atomic mass is 32.2. The zero-order valence-electron chi connectivity index (χ0n) is 16.2. The van der Waals surface area contributed by atoms with Gasteiger partial charge >= 0.3 is 0 Å². The SMILES string of the molecule is Cc1ccc(S(=O)(=O)n2cc(C(=O)C(c3ccccc3)c3ccccc3)nn2)cc1. The summed E-state index contributed by atoms with van der Waals surface area (Å²) in [6.45, 7) is 1.87. The number of aryl methyl sites for hydroxylation is 1. The first-order valence-corrected chi connectivity index (χ1v) is 10.8. The maximum atomic E-state index is 13.4. The van der Waals surface area contributed by atoms with Crippen molar-refractivity contribution < 1.29 is 13.2 Å². The molecule has 4 aromatic rings. The Morgan fingerprint density at radius 3 is 1.90 bits per heavy atom. The second-order valence-corrected chi connectivity index (χ2v) is 8.71. The van der Waals surface area contributed by atoms with Crippen LogP contribution in [0.3, 0.4) is 0 Å². The van der Waals surface area contributed by atoms with Gasteiger partial charge in [-0.25, -0.2) is 0 Å². The van der Waals surface area contributed by atoms with Crippen molar-refractivity contribution in [1.29, 1.82) is 0 Å². The van der Waals surface area contributed by atoms with E-state index in [0.717, 1.165) is 20.8 Å². The second kappa shape index (κ2) is 8.04. The minimum absolute atomic E-state index is 0.0107. The third-order valence-corrected chi connectivity index (χ3v) is 6.36. The fourth-order valence-electron chi connectivity index (χ4n) is 3.23. The van der Waals surface area contributed by atoms with Gasteiger partial charge in [0.15, 0.2) is 11.5 Å². The van der Waals surface area contributed by atoms with Gasteiger partial charge in [0.2, 0.25) is 0 Å². The molecule has 1 heterocycles. The number of hydrogen-bond acceptors (Lipinski definition) is 5. The molecule has 0 spiro atoms. The molecular formula is C23H19N3O3S. The Bertz CT molecular complexity index is 1230. The molecule has 4 rings (SSSR count). The fraction of sp³-hybridized carbons (Fsp3) is 0.0870. The van der Waals surface area contributed by atoms with E-state index in [9.17, 15) is 13.2 Å². The van der Waals surface area contributed by atoms with Crippen LogP contribution >= 0.6 is 0 Å². The van der Waals surface area contributed by atoms with Gasteiger partial charge in [0.05, 0.1) is 17.0 Å². The first-order chi connectivity index (χ1) is 14.5. The summed E-state index contributed by atoms with van der Waals surface area (Å²) in [5.74, 6) is -0.933. The van der Waals surface area contributed by atoms with Gasteiger partial charge in [0.25, 0.3) is 10.0 Å². The molecule has 0 amide bonds. The van der Waals surface area contributed by atoms with E-state index in [2.05, 4.69) is 10.3 Å². The molecule has 0 aliphatic heterocycles. The Kier molecular flexibility index (Phi) is 5.29. The van der Waals surface area contributed by atoms with E-state index in [1.54, 1.807) is 12.1 Å². The van der Waals surface area contributed by atoms with Crippen LogP contribution in [-0.4, -0.2) is 28.6 Å². The lowest BCUT2D eigenvalue weighted by molar-refractivity contribution is 0.0969. The first-order valence-electron chi connectivity index (χ1n) is 9.35. The van der Waals surface area contributed by atoms with Crippen molar-refractivity contribution in [3.8, 4) is 0 Å². The first kappa shape index (κ1) is 19.7. The van der Waals surface area contributed by atoms with Crippen molar-refractivity contribution in [2.45, 2.75) is 17.7 Å². The summed E-state index contributed by atoms with van der Waals surface area (Å²) in [6.07, 6.45) is 1.18. The molecule has 0 bridgehead atoms. The topological polar surface area (TPSA) is 81.9 Å². The monoisotopic (exact) mass is 417 g/mol. The summed E-state index contributed by atoms with van der Waals surface area (Å²) in [5, 5.41) is 7.62. The van der Waals surface area contributed by atoms with Crippen molar-refractivity contribution in [3.63, 3.8) is 0 Å². The fourth-order valence-corrected chi connectivity index (χ4v) is 4.30. The van der Waals surface area contributed by atoms with Gasteiger partial charge in [-0.1, -0.05) is 83.6 Å². The molecule has 0 atom stereocenters. The lowest BCUT2D eigenvalue weighted by atomic mass is 9.86. The summed E-state index contributed by atoms with van der Waals surface area (Å²) in [5.41, 5.74) is 2.52. The van der Waals surface area contributed by atoms with E-state index in [1.807, 2.05) is 67.6 Å². The predicted octanol–water partition coefficient (Wildman–Crippen LogP) is 3.84. The lowest BCUT2D eigenvalue weighted by Crippen LogP contribution is -2.15. The van der Waals surface area contributed by atoms with Gasteiger partial charge in [-0.15, -0.1) is 9.19 Å². The molecule has 30 heavy (non-hydrogen) atoms. The number of ketones is 1. The maximum absolute atomic E-state index is 13.4. The second-order valence-electron chi connectivity index (χ2n) is 6.91. The molecule has 0 fully saturated rings. The van der Waals surface area contributed by atoms with Gasteiger partial charge in [0, 0.05) is 0 Å². The van der Waals surface area contributed by atoms with Crippen LogP contribution in [0.5, 0.6) is 0 Å². The molecule has 0 aliphatic rings. The van der Waals surface area contributed by atoms with E-state index < -0.39 is 15.9 Å². The van der Waals surface area contributed by atoms with Crippen molar-refractivity contribution in [3.05, 3.63) is 114 Å². The summed E-state index contributed by atoms with van der Waals surface area (Å²) in [4.78, 5) is 13.4. The summed E-state index contributed by atoms with van der Waals surface area (Å²) < 4.78 is 26.4. The number of hydrogen-bond donors (Lipinski definition) is 0. The third-order valence-electron chi connectivity index (χ3n) is 4.82. The number of aromatic nitrogens is 3. The van der Waals surface area contributed by atoms with Crippen molar-refractivity contribution in [2.75, 3.05) is 0 Å². The normalized spacial score (nSPS) is 11.5. The Balaban J connectivity index is 1.72. The van der Waals surface area contributed by atoms with Crippen LogP contribution in [-0.2, 0) is 10.0 Å². The predicted molar refractivity (Wildman–Crippen MR) is 113 cm³/mol. The largest absolute Gasteiger partial charge is 0.291 e. The number of nitrogens with zero attached hydrogens (tertiary/aromatic N) is 3. The van der Waals surface area contributed by atoms with E-state index in [4.69, 9.17) is 0 Å². The number of benzene rings is 3. The zero-order chi connectivity index (χ0) is 21.1. The van der Waals surface area contributed by atoms with Crippen LogP contribution in [0.1, 0.15) is 33.1 Å². The average Bonchev–Trinajstić information content (AvgIpc) is 3.27. The molecule has 7 heteroatoms. The highest BCUT2D eigenvalue weighted by Crippen LogP contribution is 2.28. The average molecular weight is 417 g/mol. The van der Waals surface area contributed by atoms with Crippen LogP contribution in [0.15, 0.2) is 96.0 Å². The van der Waals surface area contributed by atoms with Crippen LogP contribution in [0.25, 0.3) is 0 Å². The minimum atomic E-state index is -3.93. The van der Waals surface area contributed by atoms with E-state index in [-0.39, 0.29) is 16.4 Å². The van der Waals surface area contributed by atoms with Crippen LogP contribution in [0.2, 0.25) is 0 Å². The molecule has 1 aromatic heterocycles. The van der Waals surface area contributed by atoms with Gasteiger partial charge in [0.1, 0.15) is 0 Å². The van der Waals surface area contributed by atoms with E-state index in [1.165, 1.54) is 18.3 Å². The van der Waals surface area contributed by atoms with Gasteiger partial charge in [-0.05, 0) is 30.2 Å². The summed E-state index contributed by atoms with van der Waals surface area (Å²) >= 11 is 0. The molecule has 0 unspecified atom stereocenters. The van der Waals surface area contributed by atoms with E-state index >= 15 is 0 Å². The smallest absolute Gasteiger partial charge is 0.284 e. The Morgan fingerprint density at radius 1 is 0.833 bits per heavy atom. The molecule has 0 radical (unpaired) electrons. The highest BCUT2D eigenvalue weighted by molar-refractivity contribution is 7.89. The zero-order valence-corrected chi connectivity index (χ0v) is 17.0. The van der Waals surface area contributed by atoms with Crippen molar-refractivity contribution in [2.24, 2.45) is 0 Å². The molecule has 0 saturated carbocycles. The number of carbonyl (C=O) groups is 1. The molecule has 0 N–H and O–H groups in total. The quantitative estimate of drug-likeness (QED) is 0.445. The van der Waals surface area contributed by atoms with Crippen LogP contribution < -0.4 is 0 Å². The maximum Gasteiger partial charge on any atom is 0.284 e. The molecule has 6 nitrogen and oxygen atoms in total. The highest BCUT2D eigenvalue weighted by Gasteiger charge is 2.28. The number of carbonyl (C=O) groups excluding carboxylic acids is 1. The van der Waals surface area contributed by atoms with E-state index in [0.29, 0.717) is 0 Å². The Morgan fingerprint density at radius 2 is 1.37 bits per heavy atom. The lowest BCUT2D eigenvalue weighted by Gasteiger charge is -2.15. The molecule has 3 aromatic carbocycles. The van der Waals surface area contributed by atoms with Gasteiger partial charge in [-0.2, -0.15) is 8.42 Å². The van der Waals surface area contributed by atoms with Gasteiger partial charge in [-0.3, -0.25) is 4.79 Å². The molecule has 0 saturated heterocycles. The number of rotatable bonds is 6. The molecular weight excluding hydrogens is 398 g/mol. The third kappa shape index (κ3) is 3.79. The standard InChI is InChI=1S/C23H19N3O3S/c1-17-12-14-20(15-13-17)30(28,29)26-16-21(24-25-26)23(27)22(18-8-4-2-5-9-18)19-10-6-3-7-11-19/h2-16,22H,1H3. The van der Waals surface area contributed by atoms with Crippen molar-refractivity contribution >= 4 is 15.8 Å². The van der Waals surface area contributed by atoms with Crippen molar-refractivity contribution in [1.82, 2.24) is 14.4 Å². The van der Waals surface area contributed by atoms with Crippen LogP contribution in [0.4, 0.5) is 0 Å². The molecule has 150 valence electrons. The Labute approximate surface area is 174 Å². The Hall–Kier alpha value is -3.58. The number of Topliss-reactive ketones (excluding diaryl/α,β-unsaturated/α-hetero) is 1. The van der Waals surface area contributed by atoms with Gasteiger partial charge < -0.3 is 0 Å². The summed E-state index contributed by atoms with van der Waals surface area (Å²) in [6, 6.07) is 25.1. The summed E-state index contributed by atoms with van der Waals surface area (Å²) in [7, 11) is -3.93. The minimum Gasteiger partial charge on any atom is -0.291 e. The molecule has 0 aliphatic carbocycles.